The van der Waals surface area contributed by atoms with E-state index in [1.54, 1.807) is 75.5 Å². The molecular formula is C52H55BrN16O9S4. The summed E-state index contributed by atoms with van der Waals surface area (Å²) in [4.78, 5) is 79.4. The molecule has 2 aromatic carbocycles. The van der Waals surface area contributed by atoms with Crippen LogP contribution in [0.15, 0.2) is 98.8 Å². The number of nitrogens with one attached hydrogen (secondary N) is 1. The number of aryl methyl sites for hydroxylation is 6. The van der Waals surface area contributed by atoms with Crippen molar-refractivity contribution in [2.75, 3.05) is 34.0 Å². The Morgan fingerprint density at radius 1 is 0.744 bits per heavy atom. The first-order valence-corrected chi connectivity index (χ1v) is 28.7. The molecule has 25 nitrogen and oxygen atoms in total. The third-order valence-electron chi connectivity index (χ3n) is 10.7. The van der Waals surface area contributed by atoms with Gasteiger partial charge in [-0.05, 0) is 94.1 Å². The van der Waals surface area contributed by atoms with Crippen LogP contribution in [0.3, 0.4) is 0 Å². The van der Waals surface area contributed by atoms with Crippen molar-refractivity contribution in [1.29, 1.82) is 0 Å². The first kappa shape index (κ1) is 64.2. The van der Waals surface area contributed by atoms with Crippen LogP contribution in [0.25, 0.3) is 69.5 Å². The van der Waals surface area contributed by atoms with Crippen molar-refractivity contribution in [2.45, 2.75) is 53.4 Å². The number of nitrogens with zero attached hydrogens (tertiary/aromatic N) is 15. The van der Waals surface area contributed by atoms with Gasteiger partial charge in [0.05, 0.1) is 80.7 Å². The molecule has 0 aliphatic carbocycles. The molecule has 0 spiro atoms. The lowest BCUT2D eigenvalue weighted by Crippen LogP contribution is -2.24. The summed E-state index contributed by atoms with van der Waals surface area (Å²) in [6.45, 7) is 11.7. The molecule has 10 rings (SSSR count). The molecule has 0 aliphatic rings. The summed E-state index contributed by atoms with van der Waals surface area (Å²) in [6, 6.07) is 15.6. The molecule has 0 atom stereocenters. The summed E-state index contributed by atoms with van der Waals surface area (Å²) in [5.74, 6) is 0.555. The number of aromatic amines is 1. The van der Waals surface area contributed by atoms with Crippen LogP contribution in [-0.2, 0) is 45.0 Å². The van der Waals surface area contributed by atoms with Gasteiger partial charge in [0, 0.05) is 57.3 Å². The van der Waals surface area contributed by atoms with Crippen LogP contribution in [0, 0.1) is 27.7 Å². The van der Waals surface area contributed by atoms with E-state index in [1.807, 2.05) is 93.4 Å². The van der Waals surface area contributed by atoms with E-state index in [0.717, 1.165) is 85.1 Å². The molecule has 10 aromatic rings. The number of aldehydes is 1. The van der Waals surface area contributed by atoms with Gasteiger partial charge in [-0.3, -0.25) is 19.2 Å². The summed E-state index contributed by atoms with van der Waals surface area (Å²) >= 11 is 9.35. The maximum absolute atomic E-state index is 12.9. The fourth-order valence-electron chi connectivity index (χ4n) is 7.21. The average Bonchev–Trinajstić information content (AvgIpc) is 2.80. The molecule has 82 heavy (non-hydrogen) atoms. The second kappa shape index (κ2) is 32.0. The molecule has 0 saturated heterocycles. The van der Waals surface area contributed by atoms with E-state index in [9.17, 15) is 24.0 Å². The van der Waals surface area contributed by atoms with E-state index >= 15 is 0 Å². The number of alkyl halides is 1. The Kier molecular flexibility index (Phi) is 25.0. The van der Waals surface area contributed by atoms with Crippen molar-refractivity contribution in [3.05, 3.63) is 162 Å². The highest BCUT2D eigenvalue weighted by molar-refractivity contribution is 9.08. The molecule has 0 unspecified atom stereocenters. The summed E-state index contributed by atoms with van der Waals surface area (Å²) in [6.07, 6.45) is 8.89. The number of hydrogen-bond acceptors (Lipinski definition) is 21. The van der Waals surface area contributed by atoms with Crippen molar-refractivity contribution >= 4 is 128 Å². The lowest BCUT2D eigenvalue weighted by molar-refractivity contribution is -0.141. The van der Waals surface area contributed by atoms with Gasteiger partial charge in [0.2, 0.25) is 0 Å². The molecule has 0 saturated carbocycles. The SMILES string of the molecule is CCOC(=O)/C(=C/c1cnc(C)s1)N=[N+]=[N-].CCOC(=O)CN=[N+]=[N-].COc1cccc(CBr)c1.COc1cccc(Cn2ncc3c4sc(C)nc4n(C)c3c2=O)c1.Cc1nc2c(s1)c1cn[nH]c(=O)c1n2C.Cc1ncc(C=O)s1. The third-order valence-corrected chi connectivity index (χ3v) is 15.0. The van der Waals surface area contributed by atoms with Gasteiger partial charge in [-0.25, -0.2) is 34.5 Å². The number of ether oxygens (including phenoxy) is 4. The highest BCUT2D eigenvalue weighted by Gasteiger charge is 2.18. The average molecular weight is 1260 g/mol. The fourth-order valence-corrected chi connectivity index (χ4v) is 10.8. The van der Waals surface area contributed by atoms with Crippen LogP contribution in [0.4, 0.5) is 0 Å². The van der Waals surface area contributed by atoms with E-state index < -0.39 is 11.9 Å². The molecular weight excluding hydrogens is 1200 g/mol. The molecule has 0 aliphatic heterocycles. The number of aromatic nitrogens is 10. The van der Waals surface area contributed by atoms with Gasteiger partial charge in [-0.2, -0.15) is 10.2 Å². The zero-order valence-corrected chi connectivity index (χ0v) is 50.9. The topological polar surface area (TPSA) is 328 Å². The van der Waals surface area contributed by atoms with Gasteiger partial charge in [0.1, 0.15) is 34.8 Å². The number of methoxy groups -OCH3 is 2. The van der Waals surface area contributed by atoms with E-state index in [0.29, 0.717) is 29.1 Å². The molecule has 8 heterocycles. The minimum absolute atomic E-state index is 0.0620. The molecule has 0 amide bonds. The summed E-state index contributed by atoms with van der Waals surface area (Å²) in [5, 5.41) is 23.3. The normalized spacial score (nSPS) is 10.5. The standard InChI is InChI=1S/C17H16N4O2S.C9H10N4O2S.C9H8N4OS.C8H9BrO.C5H5NOS.C4H7N3O2/c1-10-19-16-15(24-10)13-8-18-21(17(22)14(13)20(16)2)9-11-5-4-6-12(7-11)23-3;1-3-15-9(14)8(12-13-10)4-7-5-11-6(2)16-7;1-4-11-8-7(15-4)5-3-10-12-9(14)6(5)13(8)2;1-10-8-4-2-3-7(5-8)6-9;1-4-6-2-5(3-7)8-4;1-2-9-4(8)3-6-7-5/h4-8H,9H2,1-3H3;4-5H,3H2,1-2H3;3H,1-2H3,(H,12,14);2-5H,6H2,1H3;2-3H,1H3;2-3H2,1H3/b;8-4-;;;;. The molecule has 8 aromatic heterocycles. The first-order chi connectivity index (χ1) is 39.4. The predicted molar refractivity (Wildman–Crippen MR) is 323 cm³/mol. The number of thiazole rings is 4. The van der Waals surface area contributed by atoms with Crippen molar-refractivity contribution in [2.24, 2.45) is 24.3 Å². The van der Waals surface area contributed by atoms with Crippen LogP contribution in [0.1, 0.15) is 59.6 Å². The quantitative estimate of drug-likeness (QED) is 0.0213. The van der Waals surface area contributed by atoms with Crippen LogP contribution < -0.4 is 20.6 Å². The Morgan fingerprint density at radius 3 is 1.82 bits per heavy atom. The zero-order chi connectivity index (χ0) is 59.9. The summed E-state index contributed by atoms with van der Waals surface area (Å²) < 4.78 is 26.7. The van der Waals surface area contributed by atoms with Gasteiger partial charge < -0.3 is 28.1 Å². The number of rotatable bonds is 13. The Bertz CT molecular complexity index is 4050. The van der Waals surface area contributed by atoms with Gasteiger partial charge in [-0.1, -0.05) is 50.4 Å². The maximum atomic E-state index is 12.9. The molecule has 1 N–H and O–H groups in total. The van der Waals surface area contributed by atoms with Crippen LogP contribution in [-0.4, -0.2) is 101 Å². The molecule has 0 bridgehead atoms. The molecule has 0 fully saturated rings. The van der Waals surface area contributed by atoms with Gasteiger partial charge in [0.15, 0.2) is 17.6 Å². The predicted octanol–water partition coefficient (Wildman–Crippen LogP) is 11.3. The number of azide groups is 2. The molecule has 30 heteroatoms. The maximum Gasteiger partial charge on any atom is 0.340 e. The number of esters is 2. The van der Waals surface area contributed by atoms with Gasteiger partial charge in [-0.15, -0.1) is 45.3 Å². The Balaban J connectivity index is 0.000000189. The zero-order valence-electron chi connectivity index (χ0n) is 46.0. The minimum Gasteiger partial charge on any atom is -0.497 e. The van der Waals surface area contributed by atoms with Crippen molar-refractivity contribution < 1.29 is 33.3 Å². The first-order valence-electron chi connectivity index (χ1n) is 24.3. The molecule has 0 radical (unpaired) electrons. The number of fused-ring (bicyclic) bond motifs is 6. The molecule has 428 valence electrons. The van der Waals surface area contributed by atoms with Crippen molar-refractivity contribution in [1.82, 2.24) is 49.0 Å². The summed E-state index contributed by atoms with van der Waals surface area (Å²) in [5.41, 5.74) is 20.9. The monoisotopic (exact) mass is 1250 g/mol. The fraction of sp³-hybridized carbons (Fsp3) is 0.288. The second-order valence-electron chi connectivity index (χ2n) is 16.4. The Morgan fingerprint density at radius 2 is 1.30 bits per heavy atom. The summed E-state index contributed by atoms with van der Waals surface area (Å²) in [7, 11) is 7.02. The van der Waals surface area contributed by atoms with E-state index in [2.05, 4.69) is 82.0 Å². The highest BCUT2D eigenvalue weighted by atomic mass is 79.9. The smallest absolute Gasteiger partial charge is 0.340 e. The Hall–Kier alpha value is -8.63. The number of benzene rings is 2. The lowest BCUT2D eigenvalue weighted by Gasteiger charge is -2.07. The largest absolute Gasteiger partial charge is 0.497 e. The van der Waals surface area contributed by atoms with Crippen LogP contribution in [0.5, 0.6) is 11.5 Å². The van der Waals surface area contributed by atoms with Gasteiger partial charge >= 0.3 is 11.9 Å². The number of carbonyl (C=O) groups is 3. The van der Waals surface area contributed by atoms with E-state index in [4.69, 9.17) is 25.3 Å². The van der Waals surface area contributed by atoms with Crippen LogP contribution >= 0.6 is 61.3 Å². The third kappa shape index (κ3) is 17.7. The number of hydrogen-bond donors (Lipinski definition) is 1. The minimum atomic E-state index is -0.633. The highest BCUT2D eigenvalue weighted by Crippen LogP contribution is 2.31. The Labute approximate surface area is 492 Å². The number of carbonyl (C=O) groups excluding carboxylic acids is 3. The second-order valence-corrected chi connectivity index (χ2v) is 21.9. The van der Waals surface area contributed by atoms with Crippen molar-refractivity contribution in [3.8, 4) is 11.5 Å². The van der Waals surface area contributed by atoms with Gasteiger partial charge in [0.25, 0.3) is 11.1 Å². The van der Waals surface area contributed by atoms with Crippen molar-refractivity contribution in [3.63, 3.8) is 0 Å². The number of halogens is 1. The lowest BCUT2D eigenvalue weighted by atomic mass is 10.2. The number of H-pyrrole nitrogens is 1. The van der Waals surface area contributed by atoms with E-state index in [1.165, 1.54) is 39.0 Å². The van der Waals surface area contributed by atoms with Crippen LogP contribution in [0.2, 0.25) is 0 Å². The van der Waals surface area contributed by atoms with E-state index in [-0.39, 0.29) is 30.0 Å².